The molecule has 0 aliphatic heterocycles. The lowest BCUT2D eigenvalue weighted by molar-refractivity contribution is -0.152. The van der Waals surface area contributed by atoms with E-state index in [0.29, 0.717) is 12.8 Å². The zero-order valence-electron chi connectivity index (χ0n) is 21.7. The molecule has 1 heterocycles. The normalized spacial score (nSPS) is 22.1. The van der Waals surface area contributed by atoms with Gasteiger partial charge in [-0.05, 0) is 64.0 Å². The maximum Gasteiger partial charge on any atom is 0.433 e. The van der Waals surface area contributed by atoms with Crippen molar-refractivity contribution in [1.29, 1.82) is 0 Å². The highest BCUT2D eigenvalue weighted by atomic mass is 35.5. The Morgan fingerprint density at radius 1 is 1.12 bits per heavy atom. The van der Waals surface area contributed by atoms with Crippen molar-refractivity contribution in [3.8, 4) is 0 Å². The molecule has 0 bridgehead atoms. The molecule has 218 valence electrons. The molecule has 40 heavy (non-hydrogen) atoms. The molecule has 2 aliphatic rings. The van der Waals surface area contributed by atoms with Crippen LogP contribution in [0.25, 0.3) is 0 Å². The van der Waals surface area contributed by atoms with Gasteiger partial charge in [-0.25, -0.2) is 0 Å². The van der Waals surface area contributed by atoms with E-state index in [4.69, 9.17) is 23.2 Å². The van der Waals surface area contributed by atoms with Gasteiger partial charge in [0.05, 0.1) is 52.0 Å². The predicted molar refractivity (Wildman–Crippen MR) is 139 cm³/mol. The summed E-state index contributed by atoms with van der Waals surface area (Å²) < 4.78 is 57.5. The van der Waals surface area contributed by atoms with Crippen LogP contribution >= 0.6 is 23.2 Å². The number of carbonyl (C=O) groups excluding carboxylic acids is 2. The van der Waals surface area contributed by atoms with E-state index in [1.807, 2.05) is 0 Å². The molecule has 2 aromatic rings. The van der Waals surface area contributed by atoms with Gasteiger partial charge in [-0.3, -0.25) is 23.5 Å². The quantitative estimate of drug-likeness (QED) is 0.235. The average Bonchev–Trinajstić information content (AvgIpc) is 3.53. The average molecular weight is 606 g/mol. The van der Waals surface area contributed by atoms with E-state index in [-0.39, 0.29) is 54.3 Å². The number of alkyl halides is 4. The Kier molecular flexibility index (Phi) is 8.57. The fourth-order valence-corrected chi connectivity index (χ4v) is 5.82. The summed E-state index contributed by atoms with van der Waals surface area (Å²) in [6.07, 6.45) is -2.23. The summed E-state index contributed by atoms with van der Waals surface area (Å²) in [6.45, 7) is 0.146. The topological polar surface area (TPSA) is 92.5 Å². The summed E-state index contributed by atoms with van der Waals surface area (Å²) in [7, 11) is 0. The maximum absolute atomic E-state index is 14.4. The first-order chi connectivity index (χ1) is 18.7. The third-order valence-electron chi connectivity index (χ3n) is 8.23. The van der Waals surface area contributed by atoms with Crippen molar-refractivity contribution in [2.24, 2.45) is 10.8 Å². The van der Waals surface area contributed by atoms with E-state index < -0.39 is 65.2 Å². The molecule has 2 fully saturated rings. The molecule has 2 aliphatic carbocycles. The Morgan fingerprint density at radius 2 is 1.73 bits per heavy atom. The molecule has 1 aromatic carbocycles. The number of Topliss-reactive ketones (excluding diaryl/α,β-unsaturated/α-hetero) is 1. The number of carbonyl (C=O) groups is 3. The highest BCUT2D eigenvalue weighted by molar-refractivity contribution is 6.40. The number of nitrogens with zero attached hydrogens (tertiary/aromatic N) is 3. The van der Waals surface area contributed by atoms with E-state index in [9.17, 15) is 37.1 Å². The minimum atomic E-state index is -4.96. The molecule has 0 atom stereocenters. The van der Waals surface area contributed by atoms with E-state index in [2.05, 4.69) is 5.10 Å². The van der Waals surface area contributed by atoms with Crippen LogP contribution in [0.15, 0.2) is 24.4 Å². The predicted octanol–water partition coefficient (Wildman–Crippen LogP) is 6.88. The molecule has 0 spiro atoms. The van der Waals surface area contributed by atoms with Gasteiger partial charge in [-0.15, -0.1) is 0 Å². The second-order valence-corrected chi connectivity index (χ2v) is 11.9. The van der Waals surface area contributed by atoms with E-state index in [1.165, 1.54) is 18.2 Å². The molecule has 1 N–H and O–H groups in total. The van der Waals surface area contributed by atoms with Crippen LogP contribution in [0.3, 0.4) is 0 Å². The van der Waals surface area contributed by atoms with E-state index >= 15 is 0 Å². The van der Waals surface area contributed by atoms with Gasteiger partial charge in [0.25, 0.3) is 5.91 Å². The number of aliphatic carboxylic acids is 1. The van der Waals surface area contributed by atoms with E-state index in [0.717, 1.165) is 15.8 Å². The Hall–Kier alpha value is -2.66. The number of amides is 1. The van der Waals surface area contributed by atoms with Crippen LogP contribution in [0.4, 0.5) is 17.6 Å². The molecular formula is C27H29Cl2F4N3O4. The zero-order chi connectivity index (χ0) is 29.5. The number of aromatic nitrogens is 2. The first-order valence-corrected chi connectivity index (χ1v) is 13.7. The molecule has 0 radical (unpaired) electrons. The highest BCUT2D eigenvalue weighted by Gasteiger charge is 2.46. The lowest BCUT2D eigenvalue weighted by Crippen LogP contribution is -2.39. The molecule has 0 unspecified atom stereocenters. The van der Waals surface area contributed by atoms with Crippen LogP contribution in [0.2, 0.25) is 10.0 Å². The molecule has 7 nitrogen and oxygen atoms in total. The van der Waals surface area contributed by atoms with Crippen LogP contribution in [-0.4, -0.2) is 57.2 Å². The summed E-state index contributed by atoms with van der Waals surface area (Å²) in [4.78, 5) is 39.4. The number of hydrogen-bond donors (Lipinski definition) is 1. The maximum atomic E-state index is 14.4. The second-order valence-electron chi connectivity index (χ2n) is 11.1. The molecule has 2 saturated carbocycles. The molecule has 0 saturated heterocycles. The summed E-state index contributed by atoms with van der Waals surface area (Å²) >= 11 is 12.3. The lowest BCUT2D eigenvalue weighted by Gasteiger charge is -2.34. The lowest BCUT2D eigenvalue weighted by atomic mass is 9.74. The van der Waals surface area contributed by atoms with Crippen molar-refractivity contribution in [2.45, 2.75) is 64.1 Å². The van der Waals surface area contributed by atoms with Crippen LogP contribution in [0.1, 0.15) is 84.3 Å². The van der Waals surface area contributed by atoms with Gasteiger partial charge >= 0.3 is 12.1 Å². The fourth-order valence-electron chi connectivity index (χ4n) is 5.22. The summed E-state index contributed by atoms with van der Waals surface area (Å²) in [6, 6.07) is 3.63. The number of rotatable bonds is 10. The minimum Gasteiger partial charge on any atom is -0.481 e. The Balaban J connectivity index is 1.65. The summed E-state index contributed by atoms with van der Waals surface area (Å²) in [5.41, 5.74) is -3.76. The van der Waals surface area contributed by atoms with Crippen molar-refractivity contribution in [3.05, 3.63) is 51.3 Å². The smallest absolute Gasteiger partial charge is 0.433 e. The fraction of sp³-hybridized carbons (Fsp3) is 0.556. The molecule has 4 rings (SSSR count). The van der Waals surface area contributed by atoms with Gasteiger partial charge in [0.1, 0.15) is 0 Å². The summed E-state index contributed by atoms with van der Waals surface area (Å²) in [5.74, 6) is -2.76. The second kappa shape index (κ2) is 11.3. The van der Waals surface area contributed by atoms with Crippen LogP contribution in [0.5, 0.6) is 0 Å². The number of benzene rings is 1. The Morgan fingerprint density at radius 3 is 2.23 bits per heavy atom. The number of hydrogen-bond acceptors (Lipinski definition) is 4. The van der Waals surface area contributed by atoms with Crippen molar-refractivity contribution >= 4 is 40.9 Å². The van der Waals surface area contributed by atoms with Crippen LogP contribution in [0, 0.1) is 10.8 Å². The minimum absolute atomic E-state index is 0.0294. The Bertz CT molecular complexity index is 1280. The van der Waals surface area contributed by atoms with Gasteiger partial charge in [-0.1, -0.05) is 29.3 Å². The molecule has 1 aromatic heterocycles. The third-order valence-corrected chi connectivity index (χ3v) is 8.86. The highest BCUT2D eigenvalue weighted by Crippen LogP contribution is 2.49. The largest absolute Gasteiger partial charge is 0.481 e. The zero-order valence-corrected chi connectivity index (χ0v) is 23.3. The molecular weight excluding hydrogens is 577 g/mol. The van der Waals surface area contributed by atoms with Crippen LogP contribution < -0.4 is 0 Å². The third kappa shape index (κ3) is 6.15. The van der Waals surface area contributed by atoms with Gasteiger partial charge in [0, 0.05) is 12.0 Å². The first kappa shape index (κ1) is 30.3. The van der Waals surface area contributed by atoms with Crippen LogP contribution in [-0.2, 0) is 11.0 Å². The van der Waals surface area contributed by atoms with Crippen molar-refractivity contribution in [3.63, 3.8) is 0 Å². The van der Waals surface area contributed by atoms with Crippen molar-refractivity contribution in [1.82, 2.24) is 14.7 Å². The van der Waals surface area contributed by atoms with Crippen molar-refractivity contribution in [2.75, 3.05) is 19.8 Å². The first-order valence-electron chi connectivity index (χ1n) is 12.9. The molecule has 13 heteroatoms. The molecule has 1 amide bonds. The van der Waals surface area contributed by atoms with Gasteiger partial charge in [-0.2, -0.15) is 18.3 Å². The number of ketones is 1. The Labute approximate surface area is 238 Å². The standard InChI is InChI=1S/C27H29Cl2F4N3O4/c1-25(24(39)40)7-5-16(6-8-25)36-22(27(31,32)33)17(13-34-36)23(38)35(12-11-26(15-30)9-10-26)14-20(37)21-18(28)3-2-4-19(21)29/h2-4,13,16H,5-12,14-15H2,1H3,(H,39,40). The van der Waals surface area contributed by atoms with Gasteiger partial charge in [0.15, 0.2) is 11.5 Å². The van der Waals surface area contributed by atoms with E-state index in [1.54, 1.807) is 6.92 Å². The number of halogens is 6. The van der Waals surface area contributed by atoms with Gasteiger partial charge < -0.3 is 10.0 Å². The monoisotopic (exact) mass is 605 g/mol. The van der Waals surface area contributed by atoms with Gasteiger partial charge in [0.2, 0.25) is 0 Å². The SMILES string of the molecule is CC1(C(=O)O)CCC(n2ncc(C(=O)N(CCC3(CF)CC3)CC(=O)c3c(Cl)cccc3Cl)c2C(F)(F)F)CC1. The number of carboxylic acids is 1. The summed E-state index contributed by atoms with van der Waals surface area (Å²) in [5, 5.41) is 13.5. The number of carboxylic acid groups (broad SMARTS) is 1. The van der Waals surface area contributed by atoms with Crippen molar-refractivity contribution < 1.29 is 37.1 Å².